The molecule has 0 bridgehead atoms. The van der Waals surface area contributed by atoms with Crippen LogP contribution < -0.4 is 5.32 Å². The van der Waals surface area contributed by atoms with Crippen LogP contribution in [0.1, 0.15) is 39.0 Å². The SMILES string of the molecule is CCCCC1CC(NCC(F)F)CN(CCC(=O)O)C1. The number of nitrogens with one attached hydrogen (secondary N) is 1. The van der Waals surface area contributed by atoms with E-state index in [1.807, 2.05) is 0 Å². The summed E-state index contributed by atoms with van der Waals surface area (Å²) in [5, 5.41) is 11.7. The number of piperidine rings is 1. The Morgan fingerprint density at radius 2 is 2.20 bits per heavy atom. The second-order valence-corrected chi connectivity index (χ2v) is 5.64. The van der Waals surface area contributed by atoms with Crippen molar-refractivity contribution in [1.82, 2.24) is 10.2 Å². The molecule has 2 N–H and O–H groups in total. The van der Waals surface area contributed by atoms with Crippen LogP contribution in [0.25, 0.3) is 0 Å². The van der Waals surface area contributed by atoms with Gasteiger partial charge in [-0.1, -0.05) is 19.8 Å². The Labute approximate surface area is 119 Å². The number of hydrogen-bond acceptors (Lipinski definition) is 3. The third-order valence-electron chi connectivity index (χ3n) is 3.78. The Kier molecular flexibility index (Phi) is 7.99. The van der Waals surface area contributed by atoms with Gasteiger partial charge in [-0.25, -0.2) is 8.78 Å². The van der Waals surface area contributed by atoms with Crippen molar-refractivity contribution >= 4 is 5.97 Å². The first-order valence-corrected chi connectivity index (χ1v) is 7.47. The van der Waals surface area contributed by atoms with E-state index >= 15 is 0 Å². The highest BCUT2D eigenvalue weighted by Crippen LogP contribution is 2.22. The van der Waals surface area contributed by atoms with Crippen molar-refractivity contribution in [3.63, 3.8) is 0 Å². The summed E-state index contributed by atoms with van der Waals surface area (Å²) in [6.45, 7) is 3.92. The van der Waals surface area contributed by atoms with Crippen molar-refractivity contribution in [3.05, 3.63) is 0 Å². The van der Waals surface area contributed by atoms with Gasteiger partial charge < -0.3 is 15.3 Å². The maximum Gasteiger partial charge on any atom is 0.304 e. The highest BCUT2D eigenvalue weighted by molar-refractivity contribution is 5.66. The molecule has 2 unspecified atom stereocenters. The fraction of sp³-hybridized carbons (Fsp3) is 0.929. The molecule has 1 aliphatic heterocycles. The van der Waals surface area contributed by atoms with Crippen LogP contribution in [0.5, 0.6) is 0 Å². The highest BCUT2D eigenvalue weighted by Gasteiger charge is 2.27. The molecule has 1 heterocycles. The topological polar surface area (TPSA) is 52.6 Å². The molecule has 1 saturated heterocycles. The zero-order valence-electron chi connectivity index (χ0n) is 12.2. The van der Waals surface area contributed by atoms with E-state index in [4.69, 9.17) is 5.11 Å². The molecule has 2 atom stereocenters. The van der Waals surface area contributed by atoms with E-state index in [9.17, 15) is 13.6 Å². The van der Waals surface area contributed by atoms with Crippen molar-refractivity contribution in [2.75, 3.05) is 26.2 Å². The lowest BCUT2D eigenvalue weighted by molar-refractivity contribution is -0.137. The van der Waals surface area contributed by atoms with Crippen molar-refractivity contribution in [1.29, 1.82) is 0 Å². The Morgan fingerprint density at radius 3 is 2.80 bits per heavy atom. The summed E-state index contributed by atoms with van der Waals surface area (Å²) in [6.07, 6.45) is 2.05. The number of likely N-dealkylation sites (tertiary alicyclic amines) is 1. The van der Waals surface area contributed by atoms with E-state index in [-0.39, 0.29) is 19.0 Å². The van der Waals surface area contributed by atoms with Crippen LogP contribution in [0.15, 0.2) is 0 Å². The van der Waals surface area contributed by atoms with Crippen LogP contribution in [-0.2, 0) is 4.79 Å². The summed E-state index contributed by atoms with van der Waals surface area (Å²) in [5.74, 6) is -0.328. The highest BCUT2D eigenvalue weighted by atomic mass is 19.3. The van der Waals surface area contributed by atoms with Crippen molar-refractivity contribution < 1.29 is 18.7 Å². The number of rotatable bonds is 9. The molecule has 0 aromatic carbocycles. The van der Waals surface area contributed by atoms with Crippen LogP contribution in [0, 0.1) is 5.92 Å². The standard InChI is InChI=1S/C14H26F2N2O2/c1-2-3-4-11-7-12(17-8-13(15)16)10-18(9-11)6-5-14(19)20/h11-13,17H,2-10H2,1H3,(H,19,20). The smallest absolute Gasteiger partial charge is 0.304 e. The molecule has 6 heteroatoms. The monoisotopic (exact) mass is 292 g/mol. The lowest BCUT2D eigenvalue weighted by atomic mass is 9.89. The number of aliphatic carboxylic acids is 1. The predicted octanol–water partition coefficient (Wildman–Crippen LogP) is 2.20. The largest absolute Gasteiger partial charge is 0.481 e. The minimum atomic E-state index is -2.33. The van der Waals surface area contributed by atoms with E-state index in [0.717, 1.165) is 32.2 Å². The third-order valence-corrected chi connectivity index (χ3v) is 3.78. The molecule has 0 spiro atoms. The molecule has 0 aliphatic carbocycles. The number of hydrogen-bond donors (Lipinski definition) is 2. The molecule has 0 radical (unpaired) electrons. The van der Waals surface area contributed by atoms with Crippen LogP contribution in [0.2, 0.25) is 0 Å². The third kappa shape index (κ3) is 7.14. The first kappa shape index (κ1) is 17.3. The molecule has 1 aliphatic rings. The van der Waals surface area contributed by atoms with Gasteiger partial charge in [-0.05, 0) is 18.8 Å². The minimum absolute atomic E-state index is 0.0494. The summed E-state index contributed by atoms with van der Waals surface area (Å²) < 4.78 is 24.6. The van der Waals surface area contributed by atoms with E-state index in [0.29, 0.717) is 19.0 Å². The molecular formula is C14H26F2N2O2. The summed E-state index contributed by atoms with van der Waals surface area (Å²) >= 11 is 0. The quantitative estimate of drug-likeness (QED) is 0.684. The molecule has 4 nitrogen and oxygen atoms in total. The number of halogens is 2. The second-order valence-electron chi connectivity index (χ2n) is 5.64. The molecule has 1 rings (SSSR count). The summed E-state index contributed by atoms with van der Waals surface area (Å²) in [4.78, 5) is 12.7. The van der Waals surface area contributed by atoms with Crippen molar-refractivity contribution in [2.24, 2.45) is 5.92 Å². The van der Waals surface area contributed by atoms with Gasteiger partial charge in [-0.3, -0.25) is 4.79 Å². The first-order chi connectivity index (χ1) is 9.51. The van der Waals surface area contributed by atoms with Gasteiger partial charge in [0.05, 0.1) is 13.0 Å². The Morgan fingerprint density at radius 1 is 1.45 bits per heavy atom. The Balaban J connectivity index is 2.45. The normalized spacial score (nSPS) is 24.2. The maximum atomic E-state index is 12.3. The number of unbranched alkanes of at least 4 members (excludes halogenated alkanes) is 1. The fourth-order valence-electron chi connectivity index (χ4n) is 2.84. The summed E-state index contributed by atoms with van der Waals surface area (Å²) in [6, 6.07) is 0.0494. The van der Waals surface area contributed by atoms with Gasteiger partial charge in [-0.15, -0.1) is 0 Å². The zero-order chi connectivity index (χ0) is 15.0. The molecule has 118 valence electrons. The Bertz CT molecular complexity index is 290. The van der Waals surface area contributed by atoms with E-state index in [1.54, 1.807) is 0 Å². The number of carbonyl (C=O) groups is 1. The zero-order valence-corrected chi connectivity index (χ0v) is 12.2. The van der Waals surface area contributed by atoms with Gasteiger partial charge in [-0.2, -0.15) is 0 Å². The molecule has 0 saturated carbocycles. The summed E-state index contributed by atoms with van der Waals surface area (Å²) in [7, 11) is 0. The van der Waals surface area contributed by atoms with Crippen molar-refractivity contribution in [2.45, 2.75) is 51.5 Å². The number of carboxylic acids is 1. The van der Waals surface area contributed by atoms with E-state index in [2.05, 4.69) is 17.1 Å². The number of carboxylic acid groups (broad SMARTS) is 1. The molecule has 1 fully saturated rings. The van der Waals surface area contributed by atoms with Crippen LogP contribution in [-0.4, -0.2) is 54.6 Å². The summed E-state index contributed by atoms with van der Waals surface area (Å²) in [5.41, 5.74) is 0. The fourth-order valence-corrected chi connectivity index (χ4v) is 2.84. The average molecular weight is 292 g/mol. The number of nitrogens with zero attached hydrogens (tertiary/aromatic N) is 1. The molecule has 0 aromatic heterocycles. The van der Waals surface area contributed by atoms with Crippen molar-refractivity contribution in [3.8, 4) is 0 Å². The lowest BCUT2D eigenvalue weighted by Gasteiger charge is -2.38. The molecule has 0 amide bonds. The van der Waals surface area contributed by atoms with Crippen LogP contribution >= 0.6 is 0 Å². The van der Waals surface area contributed by atoms with Crippen LogP contribution in [0.4, 0.5) is 8.78 Å². The second kappa shape index (κ2) is 9.23. The Hall–Kier alpha value is -0.750. The minimum Gasteiger partial charge on any atom is -0.481 e. The van der Waals surface area contributed by atoms with Gasteiger partial charge in [0.2, 0.25) is 0 Å². The number of alkyl halides is 2. The molecular weight excluding hydrogens is 266 g/mol. The van der Waals surface area contributed by atoms with Crippen LogP contribution in [0.3, 0.4) is 0 Å². The average Bonchev–Trinajstić information content (AvgIpc) is 2.40. The predicted molar refractivity (Wildman–Crippen MR) is 74.1 cm³/mol. The van der Waals surface area contributed by atoms with Gasteiger partial charge in [0.15, 0.2) is 0 Å². The van der Waals surface area contributed by atoms with Gasteiger partial charge >= 0.3 is 5.97 Å². The van der Waals surface area contributed by atoms with E-state index in [1.165, 1.54) is 0 Å². The lowest BCUT2D eigenvalue weighted by Crippen LogP contribution is -2.50. The van der Waals surface area contributed by atoms with E-state index < -0.39 is 12.4 Å². The maximum absolute atomic E-state index is 12.3. The van der Waals surface area contributed by atoms with Gasteiger partial charge in [0, 0.05) is 25.7 Å². The van der Waals surface area contributed by atoms with Gasteiger partial charge in [0.1, 0.15) is 0 Å². The van der Waals surface area contributed by atoms with Gasteiger partial charge in [0.25, 0.3) is 6.43 Å². The molecule has 0 aromatic rings. The first-order valence-electron chi connectivity index (χ1n) is 7.47. The molecule has 20 heavy (non-hydrogen) atoms.